The Morgan fingerprint density at radius 1 is 1.10 bits per heavy atom. The lowest BCUT2D eigenvalue weighted by atomic mass is 9.96. The third-order valence-corrected chi connectivity index (χ3v) is 3.87. The van der Waals surface area contributed by atoms with E-state index in [1.165, 1.54) is 0 Å². The smallest absolute Gasteiger partial charge is 0.124 e. The lowest BCUT2D eigenvalue weighted by Crippen LogP contribution is -2.19. The Morgan fingerprint density at radius 3 is 2.50 bits per heavy atom. The van der Waals surface area contributed by atoms with Gasteiger partial charge < -0.3 is 10.1 Å². The summed E-state index contributed by atoms with van der Waals surface area (Å²) in [5, 5.41) is 4.14. The molecule has 2 aromatic carbocycles. The second-order valence-electron chi connectivity index (χ2n) is 4.67. The molecule has 0 heterocycles. The molecule has 3 heteroatoms. The van der Waals surface area contributed by atoms with Gasteiger partial charge in [0.2, 0.25) is 0 Å². The average Bonchev–Trinajstić information content (AvgIpc) is 2.46. The van der Waals surface area contributed by atoms with Crippen molar-refractivity contribution in [2.75, 3.05) is 13.7 Å². The summed E-state index contributed by atoms with van der Waals surface area (Å²) in [6.45, 7) is 4.66. The fraction of sp³-hybridized carbons (Fsp3) is 0.294. The normalized spacial score (nSPS) is 12.2. The lowest BCUT2D eigenvalue weighted by Gasteiger charge is -2.22. The van der Waals surface area contributed by atoms with Gasteiger partial charge in [-0.25, -0.2) is 0 Å². The molecule has 1 atom stereocenters. The first-order valence-electron chi connectivity index (χ1n) is 6.83. The fourth-order valence-electron chi connectivity index (χ4n) is 2.38. The molecule has 0 aliphatic heterocycles. The van der Waals surface area contributed by atoms with Gasteiger partial charge in [-0.3, -0.25) is 0 Å². The summed E-state index contributed by atoms with van der Waals surface area (Å²) < 4.78 is 5.73. The lowest BCUT2D eigenvalue weighted by molar-refractivity contribution is 0.334. The van der Waals surface area contributed by atoms with Crippen molar-refractivity contribution in [3.63, 3.8) is 0 Å². The first kappa shape index (κ1) is 14.9. The molecule has 0 saturated carbocycles. The summed E-state index contributed by atoms with van der Waals surface area (Å²) in [6, 6.07) is 14.2. The van der Waals surface area contributed by atoms with Crippen molar-refractivity contribution in [2.45, 2.75) is 19.9 Å². The third-order valence-electron chi connectivity index (χ3n) is 3.35. The zero-order chi connectivity index (χ0) is 14.5. The second kappa shape index (κ2) is 6.78. The van der Waals surface area contributed by atoms with Crippen LogP contribution in [0, 0.1) is 6.92 Å². The number of para-hydroxylation sites is 1. The number of halogens is 1. The highest BCUT2D eigenvalue weighted by Crippen LogP contribution is 2.34. The largest absolute Gasteiger partial charge is 0.494 e. The summed E-state index contributed by atoms with van der Waals surface area (Å²) in [5.41, 5.74) is 3.25. The quantitative estimate of drug-likeness (QED) is 0.883. The molecule has 0 saturated heterocycles. The maximum Gasteiger partial charge on any atom is 0.124 e. The topological polar surface area (TPSA) is 21.3 Å². The molecule has 20 heavy (non-hydrogen) atoms. The zero-order valence-electron chi connectivity index (χ0n) is 12.1. The van der Waals surface area contributed by atoms with Crippen molar-refractivity contribution >= 4 is 11.6 Å². The van der Waals surface area contributed by atoms with E-state index in [1.54, 1.807) is 0 Å². The Bertz CT molecular complexity index is 583. The van der Waals surface area contributed by atoms with Crippen molar-refractivity contribution in [1.82, 2.24) is 5.32 Å². The molecule has 2 rings (SSSR count). The van der Waals surface area contributed by atoms with Gasteiger partial charge in [0, 0.05) is 10.6 Å². The fourth-order valence-corrected chi connectivity index (χ4v) is 2.61. The van der Waals surface area contributed by atoms with Crippen LogP contribution in [0.5, 0.6) is 5.75 Å². The Hall–Kier alpha value is -1.51. The molecular weight excluding hydrogens is 270 g/mol. The van der Waals surface area contributed by atoms with Crippen LogP contribution in [0.4, 0.5) is 0 Å². The maximum atomic E-state index is 6.47. The summed E-state index contributed by atoms with van der Waals surface area (Å²) in [6.07, 6.45) is 0. The van der Waals surface area contributed by atoms with Crippen LogP contribution in [0.15, 0.2) is 42.5 Å². The van der Waals surface area contributed by atoms with E-state index in [1.807, 2.05) is 51.2 Å². The first-order chi connectivity index (χ1) is 9.69. The highest BCUT2D eigenvalue weighted by atomic mass is 35.5. The SMILES string of the molecule is CCOc1ccccc1C(NC)c1cccc(C)c1Cl. The number of nitrogens with one attached hydrogen (secondary N) is 1. The number of rotatable bonds is 5. The van der Waals surface area contributed by atoms with Gasteiger partial charge in [-0.15, -0.1) is 0 Å². The molecule has 0 bridgehead atoms. The minimum atomic E-state index is 0.0187. The predicted octanol–water partition coefficient (Wildman–Crippen LogP) is 4.36. The van der Waals surface area contributed by atoms with Crippen molar-refractivity contribution in [3.8, 4) is 5.75 Å². The van der Waals surface area contributed by atoms with Crippen LogP contribution >= 0.6 is 11.6 Å². The number of hydrogen-bond acceptors (Lipinski definition) is 2. The van der Waals surface area contributed by atoms with Gasteiger partial charge >= 0.3 is 0 Å². The monoisotopic (exact) mass is 289 g/mol. The Kier molecular flexibility index (Phi) is 5.05. The van der Waals surface area contributed by atoms with Crippen LogP contribution < -0.4 is 10.1 Å². The third kappa shape index (κ3) is 2.97. The van der Waals surface area contributed by atoms with Gasteiger partial charge in [0.15, 0.2) is 0 Å². The maximum absolute atomic E-state index is 6.47. The number of ether oxygens (including phenoxy) is 1. The molecule has 2 nitrogen and oxygen atoms in total. The highest BCUT2D eigenvalue weighted by Gasteiger charge is 2.19. The minimum Gasteiger partial charge on any atom is -0.494 e. The van der Waals surface area contributed by atoms with Crippen LogP contribution in [-0.2, 0) is 0 Å². The van der Waals surface area contributed by atoms with Crippen molar-refractivity contribution < 1.29 is 4.74 Å². The second-order valence-corrected chi connectivity index (χ2v) is 5.05. The van der Waals surface area contributed by atoms with Gasteiger partial charge in [-0.1, -0.05) is 48.0 Å². The molecule has 0 aliphatic rings. The van der Waals surface area contributed by atoms with E-state index in [0.717, 1.165) is 27.5 Å². The summed E-state index contributed by atoms with van der Waals surface area (Å²) in [7, 11) is 1.94. The van der Waals surface area contributed by atoms with Gasteiger partial charge in [0.25, 0.3) is 0 Å². The summed E-state index contributed by atoms with van der Waals surface area (Å²) in [5.74, 6) is 0.895. The number of benzene rings is 2. The van der Waals surface area contributed by atoms with Crippen molar-refractivity contribution in [3.05, 3.63) is 64.2 Å². The molecule has 0 spiro atoms. The predicted molar refractivity (Wildman–Crippen MR) is 84.7 cm³/mol. The molecule has 0 aromatic heterocycles. The van der Waals surface area contributed by atoms with E-state index in [2.05, 4.69) is 17.4 Å². The molecular formula is C17H20ClNO. The highest BCUT2D eigenvalue weighted by molar-refractivity contribution is 6.32. The van der Waals surface area contributed by atoms with Crippen LogP contribution in [0.25, 0.3) is 0 Å². The zero-order valence-corrected chi connectivity index (χ0v) is 12.9. The van der Waals surface area contributed by atoms with Crippen molar-refractivity contribution in [2.24, 2.45) is 0 Å². The van der Waals surface area contributed by atoms with Crippen LogP contribution in [0.3, 0.4) is 0 Å². The molecule has 0 radical (unpaired) electrons. The first-order valence-corrected chi connectivity index (χ1v) is 7.20. The van der Waals surface area contributed by atoms with E-state index in [-0.39, 0.29) is 6.04 Å². The van der Waals surface area contributed by atoms with Gasteiger partial charge in [-0.05, 0) is 38.1 Å². The molecule has 1 unspecified atom stereocenters. The van der Waals surface area contributed by atoms with E-state index >= 15 is 0 Å². The summed E-state index contributed by atoms with van der Waals surface area (Å²) >= 11 is 6.47. The van der Waals surface area contributed by atoms with E-state index in [0.29, 0.717) is 6.61 Å². The Morgan fingerprint density at radius 2 is 1.80 bits per heavy atom. The van der Waals surface area contributed by atoms with Gasteiger partial charge in [0.05, 0.1) is 12.6 Å². The van der Waals surface area contributed by atoms with E-state index in [4.69, 9.17) is 16.3 Å². The van der Waals surface area contributed by atoms with Crippen LogP contribution in [0.1, 0.15) is 29.7 Å². The molecule has 0 amide bonds. The van der Waals surface area contributed by atoms with E-state index < -0.39 is 0 Å². The van der Waals surface area contributed by atoms with Crippen LogP contribution in [-0.4, -0.2) is 13.7 Å². The Labute approximate surface area is 125 Å². The number of hydrogen-bond donors (Lipinski definition) is 1. The number of aryl methyl sites for hydroxylation is 1. The average molecular weight is 290 g/mol. The van der Waals surface area contributed by atoms with Crippen LogP contribution in [0.2, 0.25) is 5.02 Å². The van der Waals surface area contributed by atoms with E-state index in [9.17, 15) is 0 Å². The molecule has 0 aliphatic carbocycles. The van der Waals surface area contributed by atoms with Crippen molar-refractivity contribution in [1.29, 1.82) is 0 Å². The Balaban J connectivity index is 2.50. The minimum absolute atomic E-state index is 0.0187. The summed E-state index contributed by atoms with van der Waals surface area (Å²) in [4.78, 5) is 0. The molecule has 1 N–H and O–H groups in total. The molecule has 0 fully saturated rings. The molecule has 2 aromatic rings. The van der Waals surface area contributed by atoms with Gasteiger partial charge in [-0.2, -0.15) is 0 Å². The standard InChI is InChI=1S/C17H20ClNO/c1-4-20-15-11-6-5-9-13(15)17(19-3)14-10-7-8-12(2)16(14)18/h5-11,17,19H,4H2,1-3H3. The van der Waals surface area contributed by atoms with Gasteiger partial charge in [0.1, 0.15) is 5.75 Å². The molecule has 106 valence electrons.